The molecule has 0 radical (unpaired) electrons. The molecule has 2 rings (SSSR count). The van der Waals surface area contributed by atoms with E-state index >= 15 is 0 Å². The van der Waals surface area contributed by atoms with Gasteiger partial charge in [0.1, 0.15) is 5.60 Å². The fraction of sp³-hybridized carbons (Fsp3) is 0.846. The molecule has 2 fully saturated rings. The molecule has 0 aromatic heterocycles. The molecule has 18 heavy (non-hydrogen) atoms. The summed E-state index contributed by atoms with van der Waals surface area (Å²) >= 11 is 0. The van der Waals surface area contributed by atoms with E-state index in [2.05, 4.69) is 0 Å². The highest BCUT2D eigenvalue weighted by atomic mass is 16.6. The lowest BCUT2D eigenvalue weighted by Gasteiger charge is -2.34. The summed E-state index contributed by atoms with van der Waals surface area (Å²) in [6.45, 7) is 6.70. The van der Waals surface area contributed by atoms with Crippen LogP contribution in [0.15, 0.2) is 0 Å². The van der Waals surface area contributed by atoms with Gasteiger partial charge in [0, 0.05) is 18.5 Å². The van der Waals surface area contributed by atoms with Crippen LogP contribution in [0.2, 0.25) is 0 Å². The van der Waals surface area contributed by atoms with Gasteiger partial charge in [-0.15, -0.1) is 0 Å². The number of hydrogen-bond donors (Lipinski definition) is 1. The molecule has 1 N–H and O–H groups in total. The van der Waals surface area contributed by atoms with Gasteiger partial charge < -0.3 is 14.7 Å². The van der Waals surface area contributed by atoms with Gasteiger partial charge in [-0.1, -0.05) is 0 Å². The second-order valence-corrected chi connectivity index (χ2v) is 6.46. The van der Waals surface area contributed by atoms with Crippen molar-refractivity contribution >= 4 is 12.1 Å². The van der Waals surface area contributed by atoms with Gasteiger partial charge in [0.25, 0.3) is 0 Å². The standard InChI is InChI=1S/C13H21NO4/c1-12(2,3)18-11(17)14-6-4-5-13(8-14)7-9(13)10(15)16/h9H,4-8H2,1-3H3,(H,15,16)/t9-,13+/m1/s1. The average Bonchev–Trinajstić information content (AvgIpc) is 2.90. The molecule has 2 aliphatic rings. The monoisotopic (exact) mass is 255 g/mol. The SMILES string of the molecule is CC(C)(C)OC(=O)N1CCC[C@]2(C[C@@H]2C(=O)O)C1. The van der Waals surface area contributed by atoms with E-state index in [1.54, 1.807) is 4.90 Å². The molecule has 5 nitrogen and oxygen atoms in total. The van der Waals surface area contributed by atoms with E-state index in [0.29, 0.717) is 19.5 Å². The predicted octanol–water partition coefficient (Wildman–Crippen LogP) is 2.11. The number of piperidine rings is 1. The Labute approximate surface area is 107 Å². The maximum absolute atomic E-state index is 12.0. The van der Waals surface area contributed by atoms with Gasteiger partial charge in [-0.2, -0.15) is 0 Å². The van der Waals surface area contributed by atoms with Crippen molar-refractivity contribution in [3.63, 3.8) is 0 Å². The van der Waals surface area contributed by atoms with Crippen molar-refractivity contribution in [3.8, 4) is 0 Å². The Kier molecular flexibility index (Phi) is 3.03. The van der Waals surface area contributed by atoms with Gasteiger partial charge in [-0.3, -0.25) is 4.79 Å². The molecule has 0 bridgehead atoms. The number of aliphatic carboxylic acids is 1. The maximum Gasteiger partial charge on any atom is 0.410 e. The molecule has 0 unspecified atom stereocenters. The van der Waals surface area contributed by atoms with Crippen LogP contribution in [-0.2, 0) is 9.53 Å². The number of carbonyl (C=O) groups excluding carboxylic acids is 1. The molecule has 0 aromatic rings. The fourth-order valence-electron chi connectivity index (χ4n) is 2.79. The van der Waals surface area contributed by atoms with E-state index in [-0.39, 0.29) is 17.4 Å². The van der Waals surface area contributed by atoms with Crippen LogP contribution in [0.25, 0.3) is 0 Å². The summed E-state index contributed by atoms with van der Waals surface area (Å²) in [5.41, 5.74) is -0.682. The van der Waals surface area contributed by atoms with Crippen molar-refractivity contribution in [2.45, 2.75) is 45.6 Å². The second-order valence-electron chi connectivity index (χ2n) is 6.46. The lowest BCUT2D eigenvalue weighted by atomic mass is 9.92. The number of hydrogen-bond acceptors (Lipinski definition) is 3. The Morgan fingerprint density at radius 2 is 2.06 bits per heavy atom. The van der Waals surface area contributed by atoms with Crippen LogP contribution >= 0.6 is 0 Å². The first-order valence-corrected chi connectivity index (χ1v) is 6.44. The van der Waals surface area contributed by atoms with E-state index in [0.717, 1.165) is 12.8 Å². The lowest BCUT2D eigenvalue weighted by Crippen LogP contribution is -2.44. The second kappa shape index (κ2) is 4.14. The Balaban J connectivity index is 1.96. The molecule has 5 heteroatoms. The molecular formula is C13H21NO4. The van der Waals surface area contributed by atoms with E-state index in [4.69, 9.17) is 9.84 Å². The van der Waals surface area contributed by atoms with Crippen LogP contribution in [0.3, 0.4) is 0 Å². The molecule has 1 saturated carbocycles. The smallest absolute Gasteiger partial charge is 0.410 e. The number of amides is 1. The van der Waals surface area contributed by atoms with Gasteiger partial charge in [0.15, 0.2) is 0 Å². The normalized spacial score (nSPS) is 31.3. The quantitative estimate of drug-likeness (QED) is 0.779. The maximum atomic E-state index is 12.0. The van der Waals surface area contributed by atoms with E-state index in [1.807, 2.05) is 20.8 Å². The fourth-order valence-corrected chi connectivity index (χ4v) is 2.79. The van der Waals surface area contributed by atoms with Crippen molar-refractivity contribution in [2.24, 2.45) is 11.3 Å². The summed E-state index contributed by atoms with van der Waals surface area (Å²) in [5, 5.41) is 9.05. The molecule has 102 valence electrons. The molecule has 1 heterocycles. The summed E-state index contributed by atoms with van der Waals surface area (Å²) in [6, 6.07) is 0. The highest BCUT2D eigenvalue weighted by molar-refractivity contribution is 5.75. The van der Waals surface area contributed by atoms with E-state index in [9.17, 15) is 9.59 Å². The van der Waals surface area contributed by atoms with Gasteiger partial charge in [-0.05, 0) is 40.0 Å². The summed E-state index contributed by atoms with van der Waals surface area (Å²) < 4.78 is 5.33. The Morgan fingerprint density at radius 3 is 2.56 bits per heavy atom. The molecule has 1 spiro atoms. The summed E-state index contributed by atoms with van der Waals surface area (Å²) in [7, 11) is 0. The van der Waals surface area contributed by atoms with Crippen molar-refractivity contribution < 1.29 is 19.4 Å². The lowest BCUT2D eigenvalue weighted by molar-refractivity contribution is -0.139. The Bertz CT molecular complexity index is 374. The largest absolute Gasteiger partial charge is 0.481 e. The predicted molar refractivity (Wildman–Crippen MR) is 65.2 cm³/mol. The zero-order valence-corrected chi connectivity index (χ0v) is 11.2. The molecule has 1 aliphatic heterocycles. The van der Waals surface area contributed by atoms with Crippen molar-refractivity contribution in [2.75, 3.05) is 13.1 Å². The molecule has 2 atom stereocenters. The number of rotatable bonds is 1. The number of carboxylic acids is 1. The molecular weight excluding hydrogens is 234 g/mol. The number of carboxylic acid groups (broad SMARTS) is 1. The Hall–Kier alpha value is -1.26. The highest BCUT2D eigenvalue weighted by Crippen LogP contribution is 2.58. The number of likely N-dealkylation sites (tertiary alicyclic amines) is 1. The Morgan fingerprint density at radius 1 is 1.39 bits per heavy atom. The third kappa shape index (κ3) is 2.60. The molecule has 1 saturated heterocycles. The van der Waals surface area contributed by atoms with Crippen LogP contribution in [0.5, 0.6) is 0 Å². The van der Waals surface area contributed by atoms with Crippen LogP contribution in [0.1, 0.15) is 40.0 Å². The van der Waals surface area contributed by atoms with Gasteiger partial charge >= 0.3 is 12.1 Å². The van der Waals surface area contributed by atoms with Gasteiger partial charge in [0.2, 0.25) is 0 Å². The first-order valence-electron chi connectivity index (χ1n) is 6.44. The minimum Gasteiger partial charge on any atom is -0.481 e. The zero-order valence-electron chi connectivity index (χ0n) is 11.2. The van der Waals surface area contributed by atoms with Crippen LogP contribution in [0, 0.1) is 11.3 Å². The average molecular weight is 255 g/mol. The van der Waals surface area contributed by atoms with Crippen LogP contribution in [0.4, 0.5) is 4.79 Å². The minimum atomic E-state index is -0.735. The molecule has 0 aromatic carbocycles. The topological polar surface area (TPSA) is 66.8 Å². The van der Waals surface area contributed by atoms with Gasteiger partial charge in [0.05, 0.1) is 5.92 Å². The summed E-state index contributed by atoms with van der Waals surface area (Å²) in [4.78, 5) is 24.6. The number of carbonyl (C=O) groups is 2. The van der Waals surface area contributed by atoms with Crippen molar-refractivity contribution in [1.29, 1.82) is 0 Å². The molecule has 1 amide bonds. The minimum absolute atomic E-state index is 0.180. The number of ether oxygens (including phenoxy) is 1. The van der Waals surface area contributed by atoms with Crippen molar-refractivity contribution in [1.82, 2.24) is 4.90 Å². The third-order valence-corrected chi connectivity index (χ3v) is 3.75. The first-order chi connectivity index (χ1) is 8.23. The first kappa shape index (κ1) is 13.2. The van der Waals surface area contributed by atoms with E-state index in [1.165, 1.54) is 0 Å². The number of nitrogens with zero attached hydrogens (tertiary/aromatic N) is 1. The summed E-state index contributed by atoms with van der Waals surface area (Å²) in [5.74, 6) is -1.01. The van der Waals surface area contributed by atoms with Crippen LogP contribution in [-0.4, -0.2) is 40.8 Å². The zero-order chi connectivity index (χ0) is 13.6. The molecule has 1 aliphatic carbocycles. The van der Waals surface area contributed by atoms with Gasteiger partial charge in [-0.25, -0.2) is 4.79 Å². The van der Waals surface area contributed by atoms with E-state index < -0.39 is 11.6 Å². The highest BCUT2D eigenvalue weighted by Gasteiger charge is 2.60. The third-order valence-electron chi connectivity index (χ3n) is 3.75. The van der Waals surface area contributed by atoms with Crippen molar-refractivity contribution in [3.05, 3.63) is 0 Å². The van der Waals surface area contributed by atoms with Crippen LogP contribution < -0.4 is 0 Å². The summed E-state index contributed by atoms with van der Waals surface area (Å²) in [6.07, 6.45) is 2.14.